The van der Waals surface area contributed by atoms with Crippen molar-refractivity contribution < 1.29 is 4.42 Å². The van der Waals surface area contributed by atoms with E-state index >= 15 is 0 Å². The van der Waals surface area contributed by atoms with Gasteiger partial charge in [0.05, 0.1) is 16.7 Å². The molecule has 0 unspecified atom stereocenters. The van der Waals surface area contributed by atoms with Gasteiger partial charge in [-0.3, -0.25) is 0 Å². The highest BCUT2D eigenvalue weighted by atomic mass is 16.3. The van der Waals surface area contributed by atoms with Crippen LogP contribution in [-0.4, -0.2) is 19.5 Å². The van der Waals surface area contributed by atoms with Crippen molar-refractivity contribution in [3.63, 3.8) is 0 Å². The Hall–Kier alpha value is -8.15. The van der Waals surface area contributed by atoms with E-state index in [0.29, 0.717) is 17.5 Å². The lowest BCUT2D eigenvalue weighted by molar-refractivity contribution is 0.667. The van der Waals surface area contributed by atoms with Crippen LogP contribution in [-0.2, 0) is 0 Å². The number of furan rings is 1. The molecule has 3 heterocycles. The second-order valence-electron chi connectivity index (χ2n) is 15.6. The normalized spacial score (nSPS) is 12.0. The summed E-state index contributed by atoms with van der Waals surface area (Å²) in [6.45, 7) is 0. The molecule has 3 aromatic heterocycles. The zero-order valence-corrected chi connectivity index (χ0v) is 32.2. The van der Waals surface area contributed by atoms with Crippen LogP contribution in [0.1, 0.15) is 0 Å². The number of para-hydroxylation sites is 1. The Kier molecular flexibility index (Phi) is 6.95. The third-order valence-corrected chi connectivity index (χ3v) is 12.2. The summed E-state index contributed by atoms with van der Waals surface area (Å²) in [6.07, 6.45) is 0. The van der Waals surface area contributed by atoms with E-state index in [1.165, 1.54) is 26.9 Å². The van der Waals surface area contributed by atoms with Crippen LogP contribution in [0.2, 0.25) is 0 Å². The maximum absolute atomic E-state index is 7.11. The molecule has 60 heavy (non-hydrogen) atoms. The van der Waals surface area contributed by atoms with Gasteiger partial charge in [0.25, 0.3) is 0 Å². The Balaban J connectivity index is 1.15. The van der Waals surface area contributed by atoms with Crippen molar-refractivity contribution in [2.24, 2.45) is 0 Å². The molecule has 13 rings (SSSR count). The minimum Gasteiger partial charge on any atom is -0.454 e. The van der Waals surface area contributed by atoms with Gasteiger partial charge in [-0.05, 0) is 91.6 Å². The molecule has 13 aromatic rings. The van der Waals surface area contributed by atoms with Gasteiger partial charge >= 0.3 is 0 Å². The SMILES string of the molecule is c1ccc(-c2nc(-c3cc4ccccc4c4ccccc34)nc(-c3ccc(-n4c5ccccc5c5cc6ccccc6cc54)c4oc5cc6ccccc6cc5c34)n2)cc1. The fourth-order valence-electron chi connectivity index (χ4n) is 9.40. The fourth-order valence-corrected chi connectivity index (χ4v) is 9.40. The number of hydrogen-bond acceptors (Lipinski definition) is 4. The van der Waals surface area contributed by atoms with Gasteiger partial charge in [-0.15, -0.1) is 0 Å². The average Bonchev–Trinajstić information content (AvgIpc) is 3.84. The first kappa shape index (κ1) is 32.9. The molecule has 0 bridgehead atoms. The van der Waals surface area contributed by atoms with Crippen molar-refractivity contribution in [1.29, 1.82) is 0 Å². The predicted octanol–water partition coefficient (Wildman–Crippen LogP) is 14.5. The van der Waals surface area contributed by atoms with Gasteiger partial charge in [-0.25, -0.2) is 15.0 Å². The molecule has 0 amide bonds. The molecule has 0 atom stereocenters. The molecule has 0 aliphatic heterocycles. The minimum absolute atomic E-state index is 0.580. The van der Waals surface area contributed by atoms with Gasteiger partial charge in [-0.1, -0.05) is 146 Å². The van der Waals surface area contributed by atoms with E-state index in [2.05, 4.69) is 180 Å². The van der Waals surface area contributed by atoms with E-state index in [4.69, 9.17) is 19.4 Å². The van der Waals surface area contributed by atoms with Crippen molar-refractivity contribution in [2.75, 3.05) is 0 Å². The van der Waals surface area contributed by atoms with Crippen LogP contribution in [0.4, 0.5) is 0 Å². The first-order chi connectivity index (χ1) is 29.7. The molecular formula is C55H32N4O. The third-order valence-electron chi connectivity index (χ3n) is 12.2. The number of aromatic nitrogens is 4. The number of nitrogens with zero attached hydrogens (tertiary/aromatic N) is 4. The van der Waals surface area contributed by atoms with Gasteiger partial charge in [0.2, 0.25) is 0 Å². The molecule has 0 saturated heterocycles. The summed E-state index contributed by atoms with van der Waals surface area (Å²) in [5.41, 5.74) is 7.51. The molecule has 10 aromatic carbocycles. The monoisotopic (exact) mass is 764 g/mol. The van der Waals surface area contributed by atoms with Crippen LogP contribution < -0.4 is 0 Å². The first-order valence-corrected chi connectivity index (χ1v) is 20.3. The second-order valence-corrected chi connectivity index (χ2v) is 15.6. The minimum atomic E-state index is 0.580. The maximum Gasteiger partial charge on any atom is 0.164 e. The van der Waals surface area contributed by atoms with E-state index in [0.717, 1.165) is 82.3 Å². The highest BCUT2D eigenvalue weighted by Gasteiger charge is 2.24. The van der Waals surface area contributed by atoms with Crippen LogP contribution in [0.3, 0.4) is 0 Å². The Morgan fingerprint density at radius 2 is 0.917 bits per heavy atom. The van der Waals surface area contributed by atoms with E-state index in [1.807, 2.05) is 18.2 Å². The summed E-state index contributed by atoms with van der Waals surface area (Å²) in [6, 6.07) is 68.5. The topological polar surface area (TPSA) is 56.7 Å². The van der Waals surface area contributed by atoms with Gasteiger partial charge in [-0.2, -0.15) is 0 Å². The van der Waals surface area contributed by atoms with Crippen LogP contribution >= 0.6 is 0 Å². The Morgan fingerprint density at radius 1 is 0.350 bits per heavy atom. The molecule has 0 saturated carbocycles. The van der Waals surface area contributed by atoms with E-state index in [9.17, 15) is 0 Å². The smallest absolute Gasteiger partial charge is 0.164 e. The third kappa shape index (κ3) is 4.90. The van der Waals surface area contributed by atoms with Crippen molar-refractivity contribution in [1.82, 2.24) is 19.5 Å². The quantitative estimate of drug-likeness (QED) is 0.167. The fraction of sp³-hybridized carbons (Fsp3) is 0. The largest absolute Gasteiger partial charge is 0.454 e. The molecule has 0 aliphatic rings. The highest BCUT2D eigenvalue weighted by molar-refractivity contribution is 6.20. The van der Waals surface area contributed by atoms with Crippen molar-refractivity contribution in [3.05, 3.63) is 194 Å². The maximum atomic E-state index is 7.11. The van der Waals surface area contributed by atoms with E-state index in [1.54, 1.807) is 0 Å². The molecule has 0 aliphatic carbocycles. The number of rotatable bonds is 4. The van der Waals surface area contributed by atoms with Crippen LogP contribution in [0, 0.1) is 0 Å². The van der Waals surface area contributed by atoms with E-state index in [-0.39, 0.29) is 0 Å². The second kappa shape index (κ2) is 12.7. The molecule has 0 radical (unpaired) electrons. The molecule has 5 heteroatoms. The zero-order chi connectivity index (χ0) is 39.3. The Morgan fingerprint density at radius 3 is 1.68 bits per heavy atom. The summed E-state index contributed by atoms with van der Waals surface area (Å²) in [4.78, 5) is 15.9. The Labute approximate surface area is 343 Å². The summed E-state index contributed by atoms with van der Waals surface area (Å²) in [7, 11) is 0. The predicted molar refractivity (Wildman–Crippen MR) is 248 cm³/mol. The lowest BCUT2D eigenvalue weighted by Crippen LogP contribution is -2.02. The van der Waals surface area contributed by atoms with Gasteiger partial charge < -0.3 is 8.98 Å². The standard InChI is InChI=1S/C55H32N4O/c1-2-14-33(15-3-1)53-56-54(58-55(57-53)45-30-38-20-8-9-21-39(38)40-22-10-11-23-41(40)45)43-26-27-48(52-51(43)46-29-35-17-5-7-19-37(35)32-50(46)60-52)59-47-25-13-12-24-42(47)44-28-34-16-4-6-18-36(34)31-49(44)59/h1-32H. The molecule has 0 spiro atoms. The van der Waals surface area contributed by atoms with Crippen molar-refractivity contribution in [3.8, 4) is 39.9 Å². The first-order valence-electron chi connectivity index (χ1n) is 20.3. The zero-order valence-electron chi connectivity index (χ0n) is 32.2. The summed E-state index contributed by atoms with van der Waals surface area (Å²) >= 11 is 0. The van der Waals surface area contributed by atoms with Crippen molar-refractivity contribution in [2.45, 2.75) is 0 Å². The lowest BCUT2D eigenvalue weighted by Gasteiger charge is -2.14. The number of hydrogen-bond donors (Lipinski definition) is 0. The van der Waals surface area contributed by atoms with Crippen LogP contribution in [0.25, 0.3) is 127 Å². The highest BCUT2D eigenvalue weighted by Crippen LogP contribution is 2.44. The summed E-state index contributed by atoms with van der Waals surface area (Å²) < 4.78 is 9.47. The van der Waals surface area contributed by atoms with E-state index < -0.39 is 0 Å². The van der Waals surface area contributed by atoms with Gasteiger partial charge in [0, 0.05) is 38.2 Å². The average molecular weight is 765 g/mol. The van der Waals surface area contributed by atoms with Gasteiger partial charge in [0.1, 0.15) is 5.58 Å². The lowest BCUT2D eigenvalue weighted by atomic mass is 9.96. The Bertz CT molecular complexity index is 3900. The summed E-state index contributed by atoms with van der Waals surface area (Å²) in [5.74, 6) is 1.81. The number of fused-ring (bicyclic) bond motifs is 11. The molecule has 0 fully saturated rings. The van der Waals surface area contributed by atoms with Crippen LogP contribution in [0.5, 0.6) is 0 Å². The van der Waals surface area contributed by atoms with Gasteiger partial charge in [0.15, 0.2) is 23.1 Å². The van der Waals surface area contributed by atoms with Crippen molar-refractivity contribution >= 4 is 86.8 Å². The molecular weight excluding hydrogens is 733 g/mol. The molecule has 0 N–H and O–H groups in total. The number of benzene rings is 10. The molecule has 5 nitrogen and oxygen atoms in total. The molecule has 278 valence electrons. The summed E-state index contributed by atoms with van der Waals surface area (Å²) in [5, 5.41) is 13.6. The van der Waals surface area contributed by atoms with Crippen LogP contribution in [0.15, 0.2) is 199 Å².